The number of nitrogens with zero attached hydrogens (tertiary/aromatic N) is 2. The van der Waals surface area contributed by atoms with Crippen LogP contribution in [0.1, 0.15) is 50.0 Å². The minimum atomic E-state index is -0.710. The van der Waals surface area contributed by atoms with Crippen molar-refractivity contribution in [1.82, 2.24) is 14.9 Å². The summed E-state index contributed by atoms with van der Waals surface area (Å²) in [5, 5.41) is 6.46. The standard InChI is InChI=1S/C12H19N3O3S/c1-6-8-9(19-15-14-8)10(16)13-7(2)11(17)18-12(3,4)5/h7H,6H2,1-5H3,(H,13,16)/t7-/m1/s1. The number of esters is 1. The van der Waals surface area contributed by atoms with Crippen LogP contribution in [0, 0.1) is 0 Å². The number of hydrogen-bond acceptors (Lipinski definition) is 6. The van der Waals surface area contributed by atoms with Gasteiger partial charge in [0.2, 0.25) is 0 Å². The SMILES string of the molecule is CCc1nnsc1C(=O)N[C@H](C)C(=O)OC(C)(C)C. The first-order valence-electron chi connectivity index (χ1n) is 6.09. The van der Waals surface area contributed by atoms with Crippen LogP contribution in [0.15, 0.2) is 0 Å². The number of amides is 1. The van der Waals surface area contributed by atoms with Crippen LogP contribution >= 0.6 is 11.5 Å². The number of rotatable bonds is 4. The minimum Gasteiger partial charge on any atom is -0.458 e. The zero-order valence-electron chi connectivity index (χ0n) is 11.8. The van der Waals surface area contributed by atoms with Crippen molar-refractivity contribution in [3.63, 3.8) is 0 Å². The Morgan fingerprint density at radius 3 is 2.58 bits per heavy atom. The average molecular weight is 285 g/mol. The topological polar surface area (TPSA) is 81.2 Å². The third kappa shape index (κ3) is 4.59. The van der Waals surface area contributed by atoms with Gasteiger partial charge >= 0.3 is 5.97 Å². The van der Waals surface area contributed by atoms with Gasteiger partial charge in [0.05, 0.1) is 5.69 Å². The molecule has 7 heteroatoms. The van der Waals surface area contributed by atoms with E-state index in [4.69, 9.17) is 4.74 Å². The highest BCUT2D eigenvalue weighted by Gasteiger charge is 2.25. The van der Waals surface area contributed by atoms with Crippen LogP contribution in [0.25, 0.3) is 0 Å². The Labute approximate surface area is 116 Å². The first kappa shape index (κ1) is 15.6. The number of ether oxygens (including phenoxy) is 1. The van der Waals surface area contributed by atoms with Gasteiger partial charge in [0.25, 0.3) is 5.91 Å². The van der Waals surface area contributed by atoms with Gasteiger partial charge in [-0.15, -0.1) is 5.10 Å². The van der Waals surface area contributed by atoms with Crippen molar-refractivity contribution >= 4 is 23.4 Å². The van der Waals surface area contributed by atoms with Crippen LogP contribution in [0.3, 0.4) is 0 Å². The Kier molecular flexibility index (Phi) is 4.99. The number of hydrogen-bond donors (Lipinski definition) is 1. The van der Waals surface area contributed by atoms with E-state index in [-0.39, 0.29) is 5.91 Å². The second-order valence-electron chi connectivity index (χ2n) is 5.13. The second kappa shape index (κ2) is 6.10. The van der Waals surface area contributed by atoms with Gasteiger partial charge in [0.15, 0.2) is 0 Å². The van der Waals surface area contributed by atoms with Crippen LogP contribution in [0.4, 0.5) is 0 Å². The monoisotopic (exact) mass is 285 g/mol. The van der Waals surface area contributed by atoms with Crippen molar-refractivity contribution in [2.24, 2.45) is 0 Å². The van der Waals surface area contributed by atoms with E-state index in [0.29, 0.717) is 17.0 Å². The lowest BCUT2D eigenvalue weighted by Gasteiger charge is -2.22. The van der Waals surface area contributed by atoms with Crippen molar-refractivity contribution in [3.8, 4) is 0 Å². The predicted molar refractivity (Wildman–Crippen MR) is 72.1 cm³/mol. The lowest BCUT2D eigenvalue weighted by Crippen LogP contribution is -2.42. The van der Waals surface area contributed by atoms with Crippen LogP contribution in [-0.2, 0) is 16.0 Å². The first-order chi connectivity index (χ1) is 8.74. The summed E-state index contributed by atoms with van der Waals surface area (Å²) in [4.78, 5) is 24.2. The molecule has 0 unspecified atom stereocenters. The van der Waals surface area contributed by atoms with Gasteiger partial charge in [-0.2, -0.15) is 0 Å². The molecule has 1 atom stereocenters. The van der Waals surface area contributed by atoms with E-state index in [1.54, 1.807) is 27.7 Å². The molecule has 0 bridgehead atoms. The summed E-state index contributed by atoms with van der Waals surface area (Å²) in [5.41, 5.74) is 0.0651. The second-order valence-corrected chi connectivity index (χ2v) is 5.89. The molecule has 0 saturated carbocycles. The van der Waals surface area contributed by atoms with E-state index in [1.165, 1.54) is 0 Å². The third-order valence-corrected chi connectivity index (χ3v) is 2.97. The molecule has 106 valence electrons. The highest BCUT2D eigenvalue weighted by atomic mass is 32.1. The number of carbonyl (C=O) groups is 2. The summed E-state index contributed by atoms with van der Waals surface area (Å²) in [6.07, 6.45) is 0.625. The molecule has 6 nitrogen and oxygen atoms in total. The smallest absolute Gasteiger partial charge is 0.328 e. The van der Waals surface area contributed by atoms with Crippen molar-refractivity contribution in [2.45, 2.75) is 52.7 Å². The van der Waals surface area contributed by atoms with E-state index < -0.39 is 17.6 Å². The Morgan fingerprint density at radius 2 is 2.05 bits per heavy atom. The van der Waals surface area contributed by atoms with Crippen LogP contribution in [-0.4, -0.2) is 33.1 Å². The van der Waals surface area contributed by atoms with Crippen molar-refractivity contribution in [2.75, 3.05) is 0 Å². The average Bonchev–Trinajstić information content (AvgIpc) is 2.74. The molecule has 1 N–H and O–H groups in total. The molecule has 1 heterocycles. The van der Waals surface area contributed by atoms with Gasteiger partial charge in [-0.1, -0.05) is 11.4 Å². The van der Waals surface area contributed by atoms with Crippen LogP contribution in [0.5, 0.6) is 0 Å². The number of aryl methyl sites for hydroxylation is 1. The Morgan fingerprint density at radius 1 is 1.42 bits per heavy atom. The van der Waals surface area contributed by atoms with Gasteiger partial charge in [-0.3, -0.25) is 4.79 Å². The minimum absolute atomic E-state index is 0.342. The molecule has 0 aliphatic heterocycles. The molecule has 0 aromatic carbocycles. The maximum absolute atomic E-state index is 12.0. The molecular weight excluding hydrogens is 266 g/mol. The molecule has 0 spiro atoms. The van der Waals surface area contributed by atoms with Crippen molar-refractivity contribution in [1.29, 1.82) is 0 Å². The maximum Gasteiger partial charge on any atom is 0.328 e. The lowest BCUT2D eigenvalue weighted by atomic mass is 10.2. The molecule has 0 fully saturated rings. The quantitative estimate of drug-likeness (QED) is 0.849. The van der Waals surface area contributed by atoms with Gasteiger partial charge in [0, 0.05) is 0 Å². The molecular formula is C12H19N3O3S. The predicted octanol–water partition coefficient (Wildman–Crippen LogP) is 1.56. The largest absolute Gasteiger partial charge is 0.458 e. The van der Waals surface area contributed by atoms with Crippen molar-refractivity contribution < 1.29 is 14.3 Å². The van der Waals surface area contributed by atoms with Crippen LogP contribution in [0.2, 0.25) is 0 Å². The Bertz CT molecular complexity index is 465. The molecule has 1 aromatic rings. The lowest BCUT2D eigenvalue weighted by molar-refractivity contribution is -0.156. The fourth-order valence-corrected chi connectivity index (χ4v) is 1.98. The van der Waals surface area contributed by atoms with Crippen molar-refractivity contribution in [3.05, 3.63) is 10.6 Å². The number of carbonyl (C=O) groups excluding carboxylic acids is 2. The molecule has 1 rings (SSSR count). The van der Waals surface area contributed by atoms with E-state index in [2.05, 4.69) is 14.9 Å². The first-order valence-corrected chi connectivity index (χ1v) is 6.87. The fourth-order valence-electron chi connectivity index (χ4n) is 1.32. The molecule has 0 radical (unpaired) electrons. The molecule has 1 aromatic heterocycles. The molecule has 0 aliphatic carbocycles. The highest BCUT2D eigenvalue weighted by molar-refractivity contribution is 7.08. The molecule has 19 heavy (non-hydrogen) atoms. The summed E-state index contributed by atoms with van der Waals surface area (Å²) in [7, 11) is 0. The summed E-state index contributed by atoms with van der Waals surface area (Å²) in [6.45, 7) is 8.82. The van der Waals surface area contributed by atoms with Crippen LogP contribution < -0.4 is 5.32 Å². The summed E-state index contributed by atoms with van der Waals surface area (Å²) >= 11 is 1.02. The summed E-state index contributed by atoms with van der Waals surface area (Å²) < 4.78 is 8.93. The van der Waals surface area contributed by atoms with Gasteiger partial charge in [-0.25, -0.2) is 4.79 Å². The zero-order valence-corrected chi connectivity index (χ0v) is 12.6. The van der Waals surface area contributed by atoms with E-state index in [0.717, 1.165) is 11.5 Å². The van der Waals surface area contributed by atoms with E-state index in [1.807, 2.05) is 6.92 Å². The van der Waals surface area contributed by atoms with E-state index in [9.17, 15) is 9.59 Å². The molecule has 1 amide bonds. The Hall–Kier alpha value is -1.50. The van der Waals surface area contributed by atoms with Gasteiger partial charge in [0.1, 0.15) is 16.5 Å². The maximum atomic E-state index is 12.0. The van der Waals surface area contributed by atoms with E-state index >= 15 is 0 Å². The number of aromatic nitrogens is 2. The van der Waals surface area contributed by atoms with Gasteiger partial charge < -0.3 is 10.1 Å². The third-order valence-electron chi connectivity index (χ3n) is 2.20. The number of nitrogens with one attached hydrogen (secondary N) is 1. The highest BCUT2D eigenvalue weighted by Crippen LogP contribution is 2.12. The molecule has 0 aliphatic rings. The summed E-state index contributed by atoms with van der Waals surface area (Å²) in [6, 6.07) is -0.710. The normalized spacial score (nSPS) is 12.9. The van der Waals surface area contributed by atoms with Gasteiger partial charge in [-0.05, 0) is 45.6 Å². The summed E-state index contributed by atoms with van der Waals surface area (Å²) in [5.74, 6) is -0.804. The fraction of sp³-hybridized carbons (Fsp3) is 0.667. The zero-order chi connectivity index (χ0) is 14.6. The Balaban J connectivity index is 2.64. The molecule has 0 saturated heterocycles.